The molecule has 1 N–H and O–H groups in total. The quantitative estimate of drug-likeness (QED) is 0.460. The second kappa shape index (κ2) is 7.95. The van der Waals surface area contributed by atoms with Crippen LogP contribution in [0, 0.1) is 11.7 Å². The highest BCUT2D eigenvalue weighted by molar-refractivity contribution is 5.86. The molecule has 4 rings (SSSR count). The van der Waals surface area contributed by atoms with Crippen LogP contribution in [-0.2, 0) is 0 Å². The van der Waals surface area contributed by atoms with Crippen LogP contribution < -0.4 is 5.32 Å². The van der Waals surface area contributed by atoms with Gasteiger partial charge in [0.05, 0.1) is 22.4 Å². The van der Waals surface area contributed by atoms with Crippen molar-refractivity contribution in [1.82, 2.24) is 15.0 Å². The van der Waals surface area contributed by atoms with Crippen LogP contribution >= 0.6 is 0 Å². The van der Waals surface area contributed by atoms with Crippen LogP contribution in [0.4, 0.5) is 10.2 Å². The van der Waals surface area contributed by atoms with Crippen molar-refractivity contribution >= 4 is 16.9 Å². The Morgan fingerprint density at radius 1 is 0.793 bits per heavy atom. The van der Waals surface area contributed by atoms with Gasteiger partial charge in [-0.25, -0.2) is 19.3 Å². The summed E-state index contributed by atoms with van der Waals surface area (Å²) < 4.78 is 13.5. The van der Waals surface area contributed by atoms with Crippen molar-refractivity contribution in [3.63, 3.8) is 0 Å². The number of fused-ring (bicyclic) bond motifs is 1. The summed E-state index contributed by atoms with van der Waals surface area (Å²) in [7, 11) is 0. The van der Waals surface area contributed by atoms with Gasteiger partial charge in [-0.2, -0.15) is 0 Å². The molecule has 146 valence electrons. The van der Waals surface area contributed by atoms with Crippen LogP contribution in [0.3, 0.4) is 0 Å². The maximum atomic E-state index is 13.5. The molecule has 0 spiro atoms. The Labute approximate surface area is 169 Å². The summed E-state index contributed by atoms with van der Waals surface area (Å²) >= 11 is 0. The summed E-state index contributed by atoms with van der Waals surface area (Å²) in [6.07, 6.45) is 1.77. The topological polar surface area (TPSA) is 50.7 Å². The van der Waals surface area contributed by atoms with Gasteiger partial charge in [0.1, 0.15) is 11.6 Å². The Morgan fingerprint density at radius 2 is 1.41 bits per heavy atom. The van der Waals surface area contributed by atoms with Gasteiger partial charge in [0.25, 0.3) is 0 Å². The van der Waals surface area contributed by atoms with Crippen LogP contribution in [0.5, 0.6) is 0 Å². The maximum Gasteiger partial charge on any atom is 0.126 e. The van der Waals surface area contributed by atoms with Crippen molar-refractivity contribution in [3.8, 4) is 22.5 Å². The number of hydrogen-bond donors (Lipinski definition) is 1. The lowest BCUT2D eigenvalue weighted by Crippen LogP contribution is -2.22. The van der Waals surface area contributed by atoms with Gasteiger partial charge in [0.2, 0.25) is 0 Å². The zero-order chi connectivity index (χ0) is 20.4. The molecule has 0 bridgehead atoms. The van der Waals surface area contributed by atoms with Crippen molar-refractivity contribution in [2.24, 2.45) is 5.92 Å². The molecule has 0 amide bonds. The van der Waals surface area contributed by atoms with Crippen LogP contribution in [0.1, 0.15) is 20.8 Å². The fraction of sp³-hybridized carbons (Fsp3) is 0.208. The van der Waals surface area contributed by atoms with Gasteiger partial charge in [0, 0.05) is 23.4 Å². The van der Waals surface area contributed by atoms with E-state index in [1.807, 2.05) is 36.4 Å². The van der Waals surface area contributed by atoms with E-state index in [2.05, 4.69) is 31.1 Å². The summed E-state index contributed by atoms with van der Waals surface area (Å²) in [5.41, 5.74) is 4.82. The van der Waals surface area contributed by atoms with E-state index >= 15 is 0 Å². The number of pyridine rings is 1. The summed E-state index contributed by atoms with van der Waals surface area (Å²) in [5.74, 6) is 1.00. The van der Waals surface area contributed by atoms with Gasteiger partial charge < -0.3 is 5.32 Å². The first-order valence-electron chi connectivity index (χ1n) is 9.77. The standard InChI is InChI=1S/C24H23FN4/c1-15(2)16(3)27-22-14-18(12-13-26-22)24-23(17-8-10-19(25)11-9-17)28-20-6-4-5-7-21(20)29-24/h4-16H,1-3H3,(H,26,27)/t16-/m0/s1. The molecule has 0 saturated carbocycles. The molecule has 0 saturated heterocycles. The van der Waals surface area contributed by atoms with Gasteiger partial charge in [-0.3, -0.25) is 0 Å². The number of rotatable bonds is 5. The number of halogens is 1. The third kappa shape index (κ3) is 4.09. The minimum absolute atomic E-state index is 0.276. The van der Waals surface area contributed by atoms with Gasteiger partial charge in [-0.15, -0.1) is 0 Å². The summed E-state index contributed by atoms with van der Waals surface area (Å²) in [5, 5.41) is 3.45. The van der Waals surface area contributed by atoms with Crippen LogP contribution in [0.25, 0.3) is 33.5 Å². The lowest BCUT2D eigenvalue weighted by atomic mass is 10.0. The fourth-order valence-electron chi connectivity index (χ4n) is 3.07. The molecule has 5 heteroatoms. The zero-order valence-electron chi connectivity index (χ0n) is 16.7. The van der Waals surface area contributed by atoms with E-state index in [9.17, 15) is 4.39 Å². The second-order valence-electron chi connectivity index (χ2n) is 7.52. The lowest BCUT2D eigenvalue weighted by Gasteiger charge is -2.18. The highest BCUT2D eigenvalue weighted by Gasteiger charge is 2.15. The number of benzene rings is 2. The number of nitrogens with one attached hydrogen (secondary N) is 1. The first kappa shape index (κ1) is 19.0. The molecule has 0 fully saturated rings. The average Bonchev–Trinajstić information content (AvgIpc) is 2.73. The van der Waals surface area contributed by atoms with Crippen molar-refractivity contribution in [2.45, 2.75) is 26.8 Å². The number of anilines is 1. The van der Waals surface area contributed by atoms with E-state index in [1.165, 1.54) is 12.1 Å². The molecular weight excluding hydrogens is 363 g/mol. The minimum Gasteiger partial charge on any atom is -0.367 e. The van der Waals surface area contributed by atoms with Crippen molar-refractivity contribution in [2.75, 3.05) is 5.32 Å². The summed E-state index contributed by atoms with van der Waals surface area (Å²) in [4.78, 5) is 14.2. The molecule has 4 nitrogen and oxygen atoms in total. The Balaban J connectivity index is 1.86. The molecule has 0 radical (unpaired) electrons. The normalized spacial score (nSPS) is 12.3. The summed E-state index contributed by atoms with van der Waals surface area (Å²) in [6, 6.07) is 18.3. The van der Waals surface area contributed by atoms with Crippen LogP contribution in [0.15, 0.2) is 66.9 Å². The van der Waals surface area contributed by atoms with Gasteiger partial charge in [-0.1, -0.05) is 26.0 Å². The molecular formula is C24H23FN4. The predicted molar refractivity (Wildman–Crippen MR) is 116 cm³/mol. The van der Waals surface area contributed by atoms with Gasteiger partial charge >= 0.3 is 0 Å². The number of para-hydroxylation sites is 2. The molecule has 1 atom stereocenters. The maximum absolute atomic E-state index is 13.5. The zero-order valence-corrected chi connectivity index (χ0v) is 16.7. The van der Waals surface area contributed by atoms with Crippen LogP contribution in [0.2, 0.25) is 0 Å². The third-order valence-electron chi connectivity index (χ3n) is 5.10. The van der Waals surface area contributed by atoms with Gasteiger partial charge in [0.15, 0.2) is 0 Å². The lowest BCUT2D eigenvalue weighted by molar-refractivity contribution is 0.558. The number of hydrogen-bond acceptors (Lipinski definition) is 4. The summed E-state index contributed by atoms with van der Waals surface area (Å²) in [6.45, 7) is 6.48. The Kier molecular flexibility index (Phi) is 5.21. The van der Waals surface area contributed by atoms with Crippen molar-refractivity contribution in [1.29, 1.82) is 0 Å². The molecule has 4 aromatic rings. The first-order chi connectivity index (χ1) is 14.0. The van der Waals surface area contributed by atoms with E-state index in [4.69, 9.17) is 9.97 Å². The van der Waals surface area contributed by atoms with E-state index in [1.54, 1.807) is 18.3 Å². The smallest absolute Gasteiger partial charge is 0.126 e. The van der Waals surface area contributed by atoms with E-state index in [0.29, 0.717) is 5.92 Å². The van der Waals surface area contributed by atoms with Crippen molar-refractivity contribution in [3.05, 3.63) is 72.7 Å². The number of aromatic nitrogens is 3. The average molecular weight is 386 g/mol. The van der Waals surface area contributed by atoms with E-state index in [-0.39, 0.29) is 11.9 Å². The molecule has 2 aromatic carbocycles. The van der Waals surface area contributed by atoms with E-state index < -0.39 is 0 Å². The van der Waals surface area contributed by atoms with Crippen LogP contribution in [-0.4, -0.2) is 21.0 Å². The Bertz CT molecular complexity index is 1140. The minimum atomic E-state index is -0.276. The Hall–Kier alpha value is -3.34. The second-order valence-corrected chi connectivity index (χ2v) is 7.52. The highest BCUT2D eigenvalue weighted by Crippen LogP contribution is 2.32. The molecule has 0 aliphatic carbocycles. The fourth-order valence-corrected chi connectivity index (χ4v) is 3.07. The monoisotopic (exact) mass is 386 g/mol. The largest absolute Gasteiger partial charge is 0.367 e. The van der Waals surface area contributed by atoms with Crippen molar-refractivity contribution < 1.29 is 4.39 Å². The highest BCUT2D eigenvalue weighted by atomic mass is 19.1. The molecule has 29 heavy (non-hydrogen) atoms. The van der Waals surface area contributed by atoms with Gasteiger partial charge in [-0.05, 0) is 61.4 Å². The van der Waals surface area contributed by atoms with E-state index in [0.717, 1.165) is 39.4 Å². The molecule has 0 unspecified atom stereocenters. The molecule has 2 heterocycles. The number of nitrogens with zero attached hydrogens (tertiary/aromatic N) is 3. The third-order valence-corrected chi connectivity index (χ3v) is 5.10. The molecule has 0 aliphatic heterocycles. The SMILES string of the molecule is CC(C)[C@H](C)Nc1cc(-c2nc3ccccc3nc2-c2ccc(F)cc2)ccn1. The Morgan fingerprint density at radius 3 is 2.03 bits per heavy atom. The predicted octanol–water partition coefficient (Wildman–Crippen LogP) is 5.95. The molecule has 2 aromatic heterocycles. The molecule has 0 aliphatic rings. The first-order valence-corrected chi connectivity index (χ1v) is 9.77.